The molecule has 148 valence electrons. The summed E-state index contributed by atoms with van der Waals surface area (Å²) in [6.07, 6.45) is 0. The molecule has 0 bridgehead atoms. The maximum atomic E-state index is 12.7. The number of nitro groups is 1. The lowest BCUT2D eigenvalue weighted by molar-refractivity contribution is -0.384. The number of anilines is 2. The van der Waals surface area contributed by atoms with Crippen LogP contribution in [0.1, 0.15) is 6.92 Å². The van der Waals surface area contributed by atoms with Crippen LogP contribution in [0.25, 0.3) is 0 Å². The number of rotatable bonds is 6. The highest BCUT2D eigenvalue weighted by Gasteiger charge is 2.20. The molecule has 0 saturated carbocycles. The predicted octanol–water partition coefficient (Wildman–Crippen LogP) is 3.47. The lowest BCUT2D eigenvalue weighted by Gasteiger charge is -2.35. The number of hydrogen-bond acceptors (Lipinski definition) is 6. The van der Waals surface area contributed by atoms with Crippen LogP contribution in [0.15, 0.2) is 53.4 Å². The van der Waals surface area contributed by atoms with Crippen molar-refractivity contribution in [1.82, 2.24) is 4.90 Å². The zero-order valence-corrected chi connectivity index (χ0v) is 16.8. The first kappa shape index (κ1) is 20.2. The van der Waals surface area contributed by atoms with E-state index in [4.69, 9.17) is 0 Å². The SMILES string of the molecule is CC(Sc1ccc([N+](=O)[O-])cc1)C(=O)Nc1ccccc1N1CCN(C)CC1. The molecule has 1 saturated heterocycles. The molecule has 0 spiro atoms. The van der Waals surface area contributed by atoms with Crippen molar-refractivity contribution >= 4 is 34.7 Å². The van der Waals surface area contributed by atoms with E-state index in [1.807, 2.05) is 31.2 Å². The number of carbonyl (C=O) groups excluding carboxylic acids is 1. The summed E-state index contributed by atoms with van der Waals surface area (Å²) in [5.74, 6) is -0.0927. The van der Waals surface area contributed by atoms with Gasteiger partial charge in [0, 0.05) is 43.2 Å². The molecule has 8 heteroatoms. The zero-order chi connectivity index (χ0) is 20.1. The summed E-state index contributed by atoms with van der Waals surface area (Å²) in [4.78, 5) is 28.4. The Labute approximate surface area is 168 Å². The fourth-order valence-electron chi connectivity index (χ4n) is 3.04. The van der Waals surface area contributed by atoms with Crippen molar-refractivity contribution in [2.24, 2.45) is 0 Å². The maximum absolute atomic E-state index is 12.7. The molecule has 1 N–H and O–H groups in total. The number of para-hydroxylation sites is 2. The van der Waals surface area contributed by atoms with Crippen molar-refractivity contribution in [2.75, 3.05) is 43.4 Å². The molecule has 0 aromatic heterocycles. The Hall–Kier alpha value is -2.58. The molecular formula is C20H24N4O3S. The van der Waals surface area contributed by atoms with E-state index in [-0.39, 0.29) is 16.8 Å². The average molecular weight is 401 g/mol. The first-order valence-corrected chi connectivity index (χ1v) is 10.1. The number of thioether (sulfide) groups is 1. The fraction of sp³-hybridized carbons (Fsp3) is 0.350. The molecule has 2 aromatic rings. The highest BCUT2D eigenvalue weighted by molar-refractivity contribution is 8.00. The van der Waals surface area contributed by atoms with E-state index in [1.54, 1.807) is 12.1 Å². The Bertz CT molecular complexity index is 836. The van der Waals surface area contributed by atoms with E-state index in [0.29, 0.717) is 0 Å². The van der Waals surface area contributed by atoms with Gasteiger partial charge in [-0.05, 0) is 38.2 Å². The van der Waals surface area contributed by atoms with Crippen LogP contribution in [0.5, 0.6) is 0 Å². The summed E-state index contributed by atoms with van der Waals surface area (Å²) in [6, 6.07) is 14.1. The van der Waals surface area contributed by atoms with E-state index in [1.165, 1.54) is 23.9 Å². The number of piperazine rings is 1. The van der Waals surface area contributed by atoms with E-state index in [0.717, 1.165) is 42.4 Å². The molecule has 0 radical (unpaired) electrons. The average Bonchev–Trinajstić information content (AvgIpc) is 2.69. The molecule has 1 fully saturated rings. The largest absolute Gasteiger partial charge is 0.367 e. The summed E-state index contributed by atoms with van der Waals surface area (Å²) in [5.41, 5.74) is 1.90. The van der Waals surface area contributed by atoms with Crippen LogP contribution in [-0.4, -0.2) is 54.2 Å². The van der Waals surface area contributed by atoms with Crippen LogP contribution in [0.2, 0.25) is 0 Å². The standard InChI is InChI=1S/C20H24N4O3S/c1-15(28-17-9-7-16(8-10-17)24(26)27)20(25)21-18-5-3-4-6-19(18)23-13-11-22(2)12-14-23/h3-10,15H,11-14H2,1-2H3,(H,21,25). The van der Waals surface area contributed by atoms with E-state index in [9.17, 15) is 14.9 Å². The number of hydrogen-bond donors (Lipinski definition) is 1. The van der Waals surface area contributed by atoms with Gasteiger partial charge in [0.25, 0.3) is 5.69 Å². The second-order valence-electron chi connectivity index (χ2n) is 6.81. The number of non-ortho nitro benzene ring substituents is 1. The van der Waals surface area contributed by atoms with Gasteiger partial charge in [0.1, 0.15) is 0 Å². The first-order chi connectivity index (χ1) is 13.4. The smallest absolute Gasteiger partial charge is 0.269 e. The van der Waals surface area contributed by atoms with Gasteiger partial charge >= 0.3 is 0 Å². The third-order valence-electron chi connectivity index (χ3n) is 4.74. The molecule has 2 aromatic carbocycles. The van der Waals surface area contributed by atoms with Gasteiger partial charge in [-0.15, -0.1) is 11.8 Å². The molecule has 1 aliphatic rings. The second-order valence-corrected chi connectivity index (χ2v) is 8.22. The van der Waals surface area contributed by atoms with E-state index >= 15 is 0 Å². The molecule has 3 rings (SSSR count). The lowest BCUT2D eigenvalue weighted by Crippen LogP contribution is -2.44. The minimum absolute atomic E-state index is 0.0440. The van der Waals surface area contributed by atoms with Crippen molar-refractivity contribution in [1.29, 1.82) is 0 Å². The Balaban J connectivity index is 1.64. The van der Waals surface area contributed by atoms with Crippen LogP contribution in [0.3, 0.4) is 0 Å². The van der Waals surface area contributed by atoms with Crippen molar-refractivity contribution in [2.45, 2.75) is 17.1 Å². The molecule has 1 heterocycles. The quantitative estimate of drug-likeness (QED) is 0.454. The normalized spacial score (nSPS) is 15.9. The van der Waals surface area contributed by atoms with Gasteiger partial charge < -0.3 is 15.1 Å². The Morgan fingerprint density at radius 2 is 1.75 bits per heavy atom. The number of nitrogens with zero attached hydrogens (tertiary/aromatic N) is 3. The first-order valence-electron chi connectivity index (χ1n) is 9.18. The van der Waals surface area contributed by atoms with Gasteiger partial charge in [0.15, 0.2) is 0 Å². The number of likely N-dealkylation sites (N-methyl/N-ethyl adjacent to an activating group) is 1. The van der Waals surface area contributed by atoms with Gasteiger partial charge in [-0.3, -0.25) is 14.9 Å². The topological polar surface area (TPSA) is 78.7 Å². The van der Waals surface area contributed by atoms with Gasteiger partial charge in [0.2, 0.25) is 5.91 Å². The van der Waals surface area contributed by atoms with Crippen molar-refractivity contribution in [3.05, 3.63) is 58.6 Å². The summed E-state index contributed by atoms with van der Waals surface area (Å²) in [6.45, 7) is 5.68. The molecular weight excluding hydrogens is 376 g/mol. The third-order valence-corrected chi connectivity index (χ3v) is 5.85. The molecule has 7 nitrogen and oxygen atoms in total. The zero-order valence-electron chi connectivity index (χ0n) is 16.0. The number of benzene rings is 2. The van der Waals surface area contributed by atoms with Crippen molar-refractivity contribution in [3.8, 4) is 0 Å². The van der Waals surface area contributed by atoms with E-state index in [2.05, 4.69) is 22.2 Å². The monoisotopic (exact) mass is 400 g/mol. The van der Waals surface area contributed by atoms with Gasteiger partial charge in [-0.2, -0.15) is 0 Å². The number of amides is 1. The Morgan fingerprint density at radius 3 is 2.39 bits per heavy atom. The molecule has 1 aliphatic heterocycles. The van der Waals surface area contributed by atoms with Gasteiger partial charge in [0.05, 0.1) is 21.5 Å². The number of nitrogens with one attached hydrogen (secondary N) is 1. The summed E-state index contributed by atoms with van der Waals surface area (Å²) in [5, 5.41) is 13.5. The summed E-state index contributed by atoms with van der Waals surface area (Å²) < 4.78 is 0. The van der Waals surface area contributed by atoms with Crippen molar-refractivity contribution in [3.63, 3.8) is 0 Å². The van der Waals surface area contributed by atoms with Crippen LogP contribution in [0, 0.1) is 10.1 Å². The Morgan fingerprint density at radius 1 is 1.11 bits per heavy atom. The minimum atomic E-state index is -0.431. The highest BCUT2D eigenvalue weighted by Crippen LogP contribution is 2.29. The number of carbonyl (C=O) groups is 1. The summed E-state index contributed by atoms with van der Waals surface area (Å²) >= 11 is 1.38. The highest BCUT2D eigenvalue weighted by atomic mass is 32.2. The summed E-state index contributed by atoms with van der Waals surface area (Å²) in [7, 11) is 2.11. The van der Waals surface area contributed by atoms with Crippen LogP contribution in [0.4, 0.5) is 17.1 Å². The molecule has 1 unspecified atom stereocenters. The van der Waals surface area contributed by atoms with Gasteiger partial charge in [-0.1, -0.05) is 12.1 Å². The van der Waals surface area contributed by atoms with Crippen LogP contribution < -0.4 is 10.2 Å². The van der Waals surface area contributed by atoms with Crippen molar-refractivity contribution < 1.29 is 9.72 Å². The van der Waals surface area contributed by atoms with Gasteiger partial charge in [-0.25, -0.2) is 0 Å². The lowest BCUT2D eigenvalue weighted by atomic mass is 10.2. The molecule has 1 amide bonds. The van der Waals surface area contributed by atoms with E-state index < -0.39 is 4.92 Å². The third kappa shape index (κ3) is 5.02. The second kappa shape index (κ2) is 9.07. The number of nitro benzene ring substituents is 1. The molecule has 28 heavy (non-hydrogen) atoms. The fourth-order valence-corrected chi connectivity index (χ4v) is 3.91. The predicted molar refractivity (Wildman–Crippen MR) is 113 cm³/mol. The molecule has 0 aliphatic carbocycles. The Kier molecular flexibility index (Phi) is 6.53. The maximum Gasteiger partial charge on any atom is 0.269 e. The van der Waals surface area contributed by atoms with Crippen LogP contribution in [-0.2, 0) is 4.79 Å². The molecule has 1 atom stereocenters. The minimum Gasteiger partial charge on any atom is -0.367 e. The van der Waals surface area contributed by atoms with Crippen LogP contribution >= 0.6 is 11.8 Å².